The first-order valence-electron chi connectivity index (χ1n) is 5.04. The van der Waals surface area contributed by atoms with Gasteiger partial charge in [0.05, 0.1) is 19.3 Å². The average molecular weight is 293 g/mol. The first-order valence-corrected chi connectivity index (χ1v) is 7.40. The number of hydrogen-bond donors (Lipinski definition) is 2. The SMILES string of the molecule is COC(=O)c1sccc1S(=O)(=O)NC(C)(C)CO. The Labute approximate surface area is 110 Å². The Bertz CT molecular complexity index is 532. The molecule has 0 amide bonds. The van der Waals surface area contributed by atoms with E-state index in [2.05, 4.69) is 9.46 Å². The van der Waals surface area contributed by atoms with Gasteiger partial charge in [-0.1, -0.05) is 0 Å². The molecule has 1 aromatic rings. The minimum Gasteiger partial charge on any atom is -0.465 e. The van der Waals surface area contributed by atoms with Gasteiger partial charge in [-0.15, -0.1) is 11.3 Å². The Balaban J connectivity index is 3.14. The van der Waals surface area contributed by atoms with Gasteiger partial charge in [0.1, 0.15) is 9.77 Å². The topological polar surface area (TPSA) is 92.7 Å². The molecule has 6 nitrogen and oxygen atoms in total. The molecule has 0 aromatic carbocycles. The van der Waals surface area contributed by atoms with Crippen LogP contribution in [-0.4, -0.2) is 38.7 Å². The van der Waals surface area contributed by atoms with E-state index in [-0.39, 0.29) is 16.4 Å². The molecule has 18 heavy (non-hydrogen) atoms. The van der Waals surface area contributed by atoms with E-state index >= 15 is 0 Å². The van der Waals surface area contributed by atoms with Crippen molar-refractivity contribution >= 4 is 27.3 Å². The first kappa shape index (κ1) is 15.1. The summed E-state index contributed by atoms with van der Waals surface area (Å²) in [6.45, 7) is 2.72. The lowest BCUT2D eigenvalue weighted by Gasteiger charge is -2.23. The van der Waals surface area contributed by atoms with Gasteiger partial charge in [-0.05, 0) is 25.3 Å². The van der Waals surface area contributed by atoms with Gasteiger partial charge in [-0.3, -0.25) is 0 Å². The molecule has 0 radical (unpaired) electrons. The van der Waals surface area contributed by atoms with Crippen LogP contribution >= 0.6 is 11.3 Å². The van der Waals surface area contributed by atoms with Crippen LogP contribution < -0.4 is 4.72 Å². The summed E-state index contributed by atoms with van der Waals surface area (Å²) < 4.78 is 31.0. The highest BCUT2D eigenvalue weighted by Crippen LogP contribution is 2.23. The van der Waals surface area contributed by atoms with Gasteiger partial charge in [0.25, 0.3) is 0 Å². The summed E-state index contributed by atoms with van der Waals surface area (Å²) in [5, 5.41) is 10.6. The number of methoxy groups -OCH3 is 1. The maximum atomic E-state index is 12.1. The van der Waals surface area contributed by atoms with E-state index < -0.39 is 21.5 Å². The van der Waals surface area contributed by atoms with Crippen LogP contribution in [0.3, 0.4) is 0 Å². The van der Waals surface area contributed by atoms with Crippen LogP contribution in [-0.2, 0) is 14.8 Å². The summed E-state index contributed by atoms with van der Waals surface area (Å²) >= 11 is 0.986. The van der Waals surface area contributed by atoms with Crippen molar-refractivity contribution in [3.63, 3.8) is 0 Å². The molecule has 1 aromatic heterocycles. The molecule has 102 valence electrons. The summed E-state index contributed by atoms with van der Waals surface area (Å²) in [4.78, 5) is 11.3. The molecule has 8 heteroatoms. The summed E-state index contributed by atoms with van der Waals surface area (Å²) in [6, 6.07) is 1.33. The standard InChI is InChI=1S/C10H15NO5S2/c1-10(2,6-12)11-18(14,15)7-4-5-17-8(7)9(13)16-3/h4-5,11-12H,6H2,1-3H3. The van der Waals surface area contributed by atoms with Crippen molar-refractivity contribution in [2.75, 3.05) is 13.7 Å². The molecule has 0 saturated carbocycles. The lowest BCUT2D eigenvalue weighted by Crippen LogP contribution is -2.46. The Hall–Kier alpha value is -0.960. The van der Waals surface area contributed by atoms with Crippen LogP contribution in [0.2, 0.25) is 0 Å². The second-order valence-electron chi connectivity index (χ2n) is 4.25. The molecule has 0 spiro atoms. The van der Waals surface area contributed by atoms with Gasteiger partial charge < -0.3 is 9.84 Å². The number of esters is 1. The smallest absolute Gasteiger partial charge is 0.349 e. The van der Waals surface area contributed by atoms with Crippen molar-refractivity contribution in [1.82, 2.24) is 4.72 Å². The molecule has 0 atom stereocenters. The van der Waals surface area contributed by atoms with Crippen molar-refractivity contribution in [3.05, 3.63) is 16.3 Å². The fourth-order valence-corrected chi connectivity index (χ4v) is 3.94. The van der Waals surface area contributed by atoms with Crippen molar-refractivity contribution in [3.8, 4) is 0 Å². The normalized spacial score (nSPS) is 12.4. The molecule has 0 unspecified atom stereocenters. The third kappa shape index (κ3) is 3.29. The number of rotatable bonds is 5. The molecule has 1 rings (SSSR count). The van der Waals surface area contributed by atoms with Crippen LogP contribution in [0.5, 0.6) is 0 Å². The molecular weight excluding hydrogens is 278 g/mol. The molecule has 0 bridgehead atoms. The Kier molecular flexibility index (Phi) is 4.49. The Morgan fingerprint density at radius 3 is 2.67 bits per heavy atom. The van der Waals surface area contributed by atoms with E-state index in [0.717, 1.165) is 11.3 Å². The maximum absolute atomic E-state index is 12.1. The highest BCUT2D eigenvalue weighted by Gasteiger charge is 2.30. The van der Waals surface area contributed by atoms with Crippen molar-refractivity contribution in [2.45, 2.75) is 24.3 Å². The largest absolute Gasteiger partial charge is 0.465 e. The van der Waals surface area contributed by atoms with Gasteiger partial charge in [0, 0.05) is 0 Å². The number of aliphatic hydroxyl groups excluding tert-OH is 1. The lowest BCUT2D eigenvalue weighted by molar-refractivity contribution is 0.0602. The third-order valence-corrected chi connectivity index (χ3v) is 4.86. The number of carbonyl (C=O) groups is 1. The van der Waals surface area contributed by atoms with Crippen LogP contribution in [0.15, 0.2) is 16.3 Å². The predicted octanol–water partition coefficient (Wildman–Crippen LogP) is 0.584. The van der Waals surface area contributed by atoms with Crippen LogP contribution in [0.1, 0.15) is 23.5 Å². The minimum absolute atomic E-state index is 0.0127. The van der Waals surface area contributed by atoms with E-state index in [9.17, 15) is 13.2 Å². The summed E-state index contributed by atoms with van der Waals surface area (Å²) in [6.07, 6.45) is 0. The van der Waals surface area contributed by atoms with Crippen LogP contribution in [0.25, 0.3) is 0 Å². The second-order valence-corrected chi connectivity index (χ2v) is 6.82. The van der Waals surface area contributed by atoms with Gasteiger partial charge in [-0.25, -0.2) is 17.9 Å². The fourth-order valence-electron chi connectivity index (χ4n) is 1.20. The number of thiophene rings is 1. The number of carbonyl (C=O) groups excluding carboxylic acids is 1. The first-order chi connectivity index (χ1) is 8.23. The predicted molar refractivity (Wildman–Crippen MR) is 67.1 cm³/mol. The van der Waals surface area contributed by atoms with E-state index in [4.69, 9.17) is 5.11 Å². The van der Waals surface area contributed by atoms with Crippen molar-refractivity contribution < 1.29 is 23.1 Å². The van der Waals surface area contributed by atoms with Gasteiger partial charge in [0.2, 0.25) is 10.0 Å². The number of nitrogens with one attached hydrogen (secondary N) is 1. The molecule has 2 N–H and O–H groups in total. The highest BCUT2D eigenvalue weighted by atomic mass is 32.2. The van der Waals surface area contributed by atoms with Crippen LogP contribution in [0.4, 0.5) is 0 Å². The van der Waals surface area contributed by atoms with E-state index in [1.165, 1.54) is 32.4 Å². The number of hydrogen-bond acceptors (Lipinski definition) is 6. The zero-order valence-electron chi connectivity index (χ0n) is 10.3. The number of aliphatic hydroxyl groups is 1. The average Bonchev–Trinajstić information content (AvgIpc) is 2.76. The zero-order chi connectivity index (χ0) is 14.0. The molecule has 0 aliphatic heterocycles. The van der Waals surface area contributed by atoms with Gasteiger partial charge in [-0.2, -0.15) is 0 Å². The van der Waals surface area contributed by atoms with E-state index in [1.807, 2.05) is 0 Å². The van der Waals surface area contributed by atoms with Crippen LogP contribution in [0, 0.1) is 0 Å². The van der Waals surface area contributed by atoms with Gasteiger partial charge >= 0.3 is 5.97 Å². The summed E-state index contributed by atoms with van der Waals surface area (Å²) in [5.74, 6) is -0.702. The second kappa shape index (κ2) is 5.35. The monoisotopic (exact) mass is 293 g/mol. The Morgan fingerprint density at radius 1 is 1.56 bits per heavy atom. The van der Waals surface area contributed by atoms with Gasteiger partial charge in [0.15, 0.2) is 0 Å². The summed E-state index contributed by atoms with van der Waals surface area (Å²) in [5.41, 5.74) is -1.01. The molecule has 1 heterocycles. The van der Waals surface area contributed by atoms with Crippen molar-refractivity contribution in [1.29, 1.82) is 0 Å². The van der Waals surface area contributed by atoms with E-state index in [0.29, 0.717) is 0 Å². The minimum atomic E-state index is -3.87. The quantitative estimate of drug-likeness (QED) is 0.775. The molecule has 0 saturated heterocycles. The lowest BCUT2D eigenvalue weighted by atomic mass is 10.1. The van der Waals surface area contributed by atoms with Crippen molar-refractivity contribution in [2.24, 2.45) is 0 Å². The highest BCUT2D eigenvalue weighted by molar-refractivity contribution is 7.89. The third-order valence-electron chi connectivity index (χ3n) is 2.10. The Morgan fingerprint density at radius 2 is 2.17 bits per heavy atom. The zero-order valence-corrected chi connectivity index (χ0v) is 11.9. The fraction of sp³-hybridized carbons (Fsp3) is 0.500. The maximum Gasteiger partial charge on any atom is 0.349 e. The van der Waals surface area contributed by atoms with E-state index in [1.54, 1.807) is 0 Å². The molecular formula is C10H15NO5S2. The molecule has 0 aliphatic carbocycles. The number of ether oxygens (including phenoxy) is 1. The molecule has 0 fully saturated rings. The number of sulfonamides is 1. The molecule has 0 aliphatic rings. The summed E-state index contributed by atoms with van der Waals surface area (Å²) in [7, 11) is -2.69.